The van der Waals surface area contributed by atoms with E-state index in [9.17, 15) is 14.7 Å². The predicted molar refractivity (Wildman–Crippen MR) is 289 cm³/mol. The highest BCUT2D eigenvalue weighted by Gasteiger charge is 2.47. The Kier molecular flexibility index (Phi) is 56.1. The van der Waals surface area contributed by atoms with Crippen molar-refractivity contribution in [1.29, 1.82) is 0 Å². The molecule has 0 spiro atoms. The molecule has 0 fully saturated rings. The van der Waals surface area contributed by atoms with Crippen LogP contribution in [0, 0.1) is 0 Å². The van der Waals surface area contributed by atoms with Gasteiger partial charge in [-0.2, -0.15) is 0 Å². The fourth-order valence-electron chi connectivity index (χ4n) is 7.86. The van der Waals surface area contributed by atoms with Crippen LogP contribution < -0.4 is 0 Å². The smallest absolute Gasteiger partial charge is 0.332 e. The summed E-state index contributed by atoms with van der Waals surface area (Å²) in [6.45, 7) is 10.8. The van der Waals surface area contributed by atoms with Gasteiger partial charge in [0.05, 0.1) is 4.58 Å². The molecule has 0 amide bonds. The third kappa shape index (κ3) is 45.5. The molecule has 0 rings (SSSR count). The van der Waals surface area contributed by atoms with Crippen molar-refractivity contribution in [2.24, 2.45) is 0 Å². The molecule has 2 N–H and O–H groups in total. The zero-order valence-corrected chi connectivity index (χ0v) is 45.5. The molecular formula is C54H108O4S4. The highest BCUT2D eigenvalue weighted by molar-refractivity contribution is 8.25. The molecule has 0 saturated carbocycles. The summed E-state index contributed by atoms with van der Waals surface area (Å²) < 4.78 is -0.626. The van der Waals surface area contributed by atoms with Crippen LogP contribution in [0.25, 0.3) is 0 Å². The van der Waals surface area contributed by atoms with Gasteiger partial charge in [-0.1, -0.05) is 266 Å². The Hall–Kier alpha value is 0.340. The molecule has 0 aromatic heterocycles. The fraction of sp³-hybridized carbons (Fsp3) is 0.963. The van der Waals surface area contributed by atoms with Crippen LogP contribution >= 0.6 is 47.0 Å². The number of rotatable bonds is 51. The van der Waals surface area contributed by atoms with E-state index in [0.29, 0.717) is 0 Å². The molecule has 8 heteroatoms. The van der Waals surface area contributed by atoms with Crippen molar-refractivity contribution < 1.29 is 19.8 Å². The van der Waals surface area contributed by atoms with Crippen molar-refractivity contribution in [3.8, 4) is 0 Å². The molecule has 0 atom stereocenters. The van der Waals surface area contributed by atoms with E-state index in [1.807, 2.05) is 47.0 Å². The number of carboxylic acid groups (broad SMARTS) is 2. The van der Waals surface area contributed by atoms with Crippen LogP contribution in [0.4, 0.5) is 0 Å². The molecule has 0 unspecified atom stereocenters. The maximum atomic E-state index is 13.6. The van der Waals surface area contributed by atoms with Gasteiger partial charge in [0.2, 0.25) is 0 Å². The second-order valence-electron chi connectivity index (χ2n) is 18.2. The highest BCUT2D eigenvalue weighted by atomic mass is 32.2. The molecule has 0 saturated heterocycles. The number of hydrogen-bond acceptors (Lipinski definition) is 6. The molecular weight excluding hydrogens is 841 g/mol. The van der Waals surface area contributed by atoms with Gasteiger partial charge in [0, 0.05) is 6.42 Å². The second-order valence-corrected chi connectivity index (χ2v) is 23.9. The van der Waals surface area contributed by atoms with Gasteiger partial charge in [0.1, 0.15) is 0 Å². The molecule has 0 bridgehead atoms. The monoisotopic (exact) mass is 949 g/mol. The average molecular weight is 950 g/mol. The van der Waals surface area contributed by atoms with Gasteiger partial charge < -0.3 is 10.2 Å². The minimum Gasteiger partial charge on any atom is -0.481 e. The molecule has 0 aliphatic carbocycles. The Labute approximate surface area is 405 Å². The van der Waals surface area contributed by atoms with E-state index in [1.54, 1.807) is 6.92 Å². The first-order chi connectivity index (χ1) is 30.4. The van der Waals surface area contributed by atoms with E-state index in [0.717, 1.165) is 35.9 Å². The minimum absolute atomic E-state index is 0.119. The van der Waals surface area contributed by atoms with E-state index in [4.69, 9.17) is 5.11 Å². The third-order valence-corrected chi connectivity index (χ3v) is 19.2. The van der Waals surface area contributed by atoms with E-state index in [1.165, 1.54) is 244 Å². The number of carbonyl (C=O) groups is 2. The Morgan fingerprint density at radius 3 is 0.726 bits per heavy atom. The maximum absolute atomic E-state index is 13.6. The van der Waals surface area contributed by atoms with Crippen molar-refractivity contribution in [3.63, 3.8) is 0 Å². The lowest BCUT2D eigenvalue weighted by atomic mass is 10.1. The first-order valence-corrected chi connectivity index (χ1v) is 31.4. The Morgan fingerprint density at radius 1 is 0.339 bits per heavy atom. The molecule has 62 heavy (non-hydrogen) atoms. The number of hydrogen-bond donors (Lipinski definition) is 2. The molecule has 4 nitrogen and oxygen atoms in total. The van der Waals surface area contributed by atoms with Crippen LogP contribution in [-0.2, 0) is 9.59 Å². The van der Waals surface area contributed by atoms with Crippen LogP contribution in [0.15, 0.2) is 0 Å². The summed E-state index contributed by atoms with van der Waals surface area (Å²) in [4.78, 5) is 23.0. The van der Waals surface area contributed by atoms with Crippen molar-refractivity contribution in [2.75, 3.05) is 23.0 Å². The maximum Gasteiger partial charge on any atom is 0.332 e. The predicted octanol–water partition coefficient (Wildman–Crippen LogP) is 20.2. The third-order valence-electron chi connectivity index (χ3n) is 12.1. The quantitative estimate of drug-likeness (QED) is 0.0461. The summed E-state index contributed by atoms with van der Waals surface area (Å²) in [6, 6.07) is 0. The van der Waals surface area contributed by atoms with Crippen LogP contribution in [0.5, 0.6) is 0 Å². The Balaban J connectivity index is 0. The lowest BCUT2D eigenvalue weighted by Gasteiger charge is -2.36. The summed E-state index contributed by atoms with van der Waals surface area (Å²) in [5, 5.41) is 18.9. The van der Waals surface area contributed by atoms with E-state index < -0.39 is 16.0 Å². The summed E-state index contributed by atoms with van der Waals surface area (Å²) in [7, 11) is 0. The fourth-order valence-corrected chi connectivity index (χ4v) is 14.9. The summed E-state index contributed by atoms with van der Waals surface area (Å²) in [5.74, 6) is 2.90. The van der Waals surface area contributed by atoms with Gasteiger partial charge in [0.25, 0.3) is 0 Å². The van der Waals surface area contributed by atoms with Crippen LogP contribution in [-0.4, -0.2) is 53.8 Å². The zero-order chi connectivity index (χ0) is 45.9. The van der Waals surface area contributed by atoms with Crippen molar-refractivity contribution in [3.05, 3.63) is 0 Å². The van der Waals surface area contributed by atoms with E-state index >= 15 is 0 Å². The van der Waals surface area contributed by atoms with Crippen molar-refractivity contribution in [2.45, 2.75) is 307 Å². The van der Waals surface area contributed by atoms with Crippen LogP contribution in [0.3, 0.4) is 0 Å². The lowest BCUT2D eigenvalue weighted by molar-refractivity contribution is -0.137. The van der Waals surface area contributed by atoms with Gasteiger partial charge in [-0.05, 0) is 48.7 Å². The lowest BCUT2D eigenvalue weighted by Crippen LogP contribution is -2.41. The first-order valence-electron chi connectivity index (χ1n) is 27.3. The molecule has 0 aromatic rings. The molecule has 0 heterocycles. The normalized spacial score (nSPS) is 11.6. The molecule has 0 radical (unpaired) electrons. The highest BCUT2D eigenvalue weighted by Crippen LogP contribution is 2.51. The summed E-state index contributed by atoms with van der Waals surface area (Å²) in [6.07, 6.45) is 54.1. The van der Waals surface area contributed by atoms with Crippen molar-refractivity contribution >= 4 is 59.0 Å². The molecule has 0 aromatic carbocycles. The number of unbranched alkanes of at least 4 members (excludes halogenated alkanes) is 36. The number of aliphatic carboxylic acids is 2. The standard InChI is InChI=1S/C51H102O2S4.C3H6O2/c1-5-9-13-17-21-25-29-33-37-41-45-54-50(55-46-42-38-34-30-26-22-18-14-10-6-2)51(49(52)53,56-47-43-39-35-31-27-23-19-15-11-7-3)57-48-44-40-36-32-28-24-20-16-12-8-4;1-2-3(4)5/h50H,5-48H2,1-4H3,(H,52,53);2H2,1H3,(H,4,5). The molecule has 372 valence electrons. The number of carboxylic acids is 2. The van der Waals surface area contributed by atoms with Gasteiger partial charge in [0.15, 0.2) is 4.08 Å². The Bertz CT molecular complexity index is 838. The van der Waals surface area contributed by atoms with Gasteiger partial charge in [-0.25, -0.2) is 4.79 Å². The van der Waals surface area contributed by atoms with Crippen LogP contribution in [0.1, 0.15) is 298 Å². The van der Waals surface area contributed by atoms with E-state index in [-0.39, 0.29) is 11.0 Å². The number of thioether (sulfide) groups is 4. The zero-order valence-electron chi connectivity index (χ0n) is 42.2. The second kappa shape index (κ2) is 54.0. The van der Waals surface area contributed by atoms with Gasteiger partial charge in [-0.3, -0.25) is 4.79 Å². The SMILES string of the molecule is CCC(=O)O.CCCCCCCCCCCCSC(SCCCCCCCCCCCC)C(SCCCCCCCCCCCC)(SCCCCCCCCCCCC)C(=O)O. The van der Waals surface area contributed by atoms with Gasteiger partial charge in [-0.15, -0.1) is 47.0 Å². The Morgan fingerprint density at radius 2 is 0.532 bits per heavy atom. The summed E-state index contributed by atoms with van der Waals surface area (Å²) in [5.41, 5.74) is 0. The summed E-state index contributed by atoms with van der Waals surface area (Å²) >= 11 is 7.71. The topological polar surface area (TPSA) is 74.6 Å². The average Bonchev–Trinajstić information content (AvgIpc) is 3.27. The first kappa shape index (κ1) is 64.4. The van der Waals surface area contributed by atoms with Gasteiger partial charge >= 0.3 is 11.9 Å². The largest absolute Gasteiger partial charge is 0.481 e. The van der Waals surface area contributed by atoms with Crippen molar-refractivity contribution in [1.82, 2.24) is 0 Å². The molecule has 0 aliphatic rings. The minimum atomic E-state index is -0.745. The van der Waals surface area contributed by atoms with E-state index in [2.05, 4.69) is 27.7 Å². The molecule has 0 aliphatic heterocycles. The van der Waals surface area contributed by atoms with Crippen LogP contribution in [0.2, 0.25) is 0 Å².